The van der Waals surface area contributed by atoms with Gasteiger partial charge in [0.15, 0.2) is 0 Å². The van der Waals surface area contributed by atoms with E-state index in [1.54, 1.807) is 49.4 Å². The Morgan fingerprint density at radius 1 is 0.830 bits per heavy atom. The molecule has 4 aromatic rings. The topological polar surface area (TPSA) is 86.8 Å². The predicted octanol–water partition coefficient (Wildman–Crippen LogP) is 8.01. The van der Waals surface area contributed by atoms with Crippen molar-refractivity contribution >= 4 is 62.3 Å². The minimum absolute atomic E-state index is 0.00337. The first kappa shape index (κ1) is 36.3. The number of sulfonamides is 1. The second-order valence-corrected chi connectivity index (χ2v) is 14.6. The molecule has 4 aromatic carbocycles. The van der Waals surface area contributed by atoms with E-state index >= 15 is 0 Å². The van der Waals surface area contributed by atoms with E-state index in [1.807, 2.05) is 51.1 Å². The molecule has 7 nitrogen and oxygen atoms in total. The van der Waals surface area contributed by atoms with Gasteiger partial charge in [-0.25, -0.2) is 8.42 Å². The zero-order valence-electron chi connectivity index (χ0n) is 26.7. The SMILES string of the molecule is CC[C@H](C)NC(=O)[C@@H](Cc1ccccc1)N(Cc1c(Cl)cccc1Cl)C(=O)CN(c1ccc(C)c(Cl)c1)S(=O)(=O)c1ccc(C)cc1. The minimum Gasteiger partial charge on any atom is -0.352 e. The Kier molecular flexibility index (Phi) is 12.4. The van der Waals surface area contributed by atoms with Crippen molar-refractivity contribution in [2.24, 2.45) is 0 Å². The molecule has 0 fully saturated rings. The highest BCUT2D eigenvalue weighted by atomic mass is 35.5. The molecule has 248 valence electrons. The van der Waals surface area contributed by atoms with Crippen LogP contribution < -0.4 is 9.62 Å². The average Bonchev–Trinajstić information content (AvgIpc) is 3.04. The number of carbonyl (C=O) groups excluding carboxylic acids is 2. The van der Waals surface area contributed by atoms with Gasteiger partial charge >= 0.3 is 0 Å². The van der Waals surface area contributed by atoms with Crippen LogP contribution in [0.5, 0.6) is 0 Å². The van der Waals surface area contributed by atoms with Crippen molar-refractivity contribution in [1.29, 1.82) is 0 Å². The summed E-state index contributed by atoms with van der Waals surface area (Å²) in [7, 11) is -4.27. The van der Waals surface area contributed by atoms with Crippen LogP contribution >= 0.6 is 34.8 Å². The standard InChI is InChI=1S/C36H38Cl3N3O4S/c1-5-26(4)40-36(44)34(20-27-10-7-6-8-11-27)41(22-30-31(37)12-9-13-32(30)38)35(43)23-42(28-17-16-25(3)33(39)21-28)47(45,46)29-18-14-24(2)15-19-29/h6-19,21,26,34H,5,20,22-23H2,1-4H3,(H,40,44)/t26-,34+/m0/s1. The van der Waals surface area contributed by atoms with Crippen LogP contribution in [0, 0.1) is 13.8 Å². The molecule has 2 amide bonds. The predicted molar refractivity (Wildman–Crippen MR) is 191 cm³/mol. The number of benzene rings is 4. The summed E-state index contributed by atoms with van der Waals surface area (Å²) in [4.78, 5) is 30.0. The molecule has 0 radical (unpaired) electrons. The molecule has 0 aromatic heterocycles. The van der Waals surface area contributed by atoms with Crippen LogP contribution in [-0.4, -0.2) is 43.8 Å². The number of nitrogens with one attached hydrogen (secondary N) is 1. The first-order valence-corrected chi connectivity index (χ1v) is 17.8. The molecule has 0 heterocycles. The third-order valence-electron chi connectivity index (χ3n) is 7.99. The molecule has 0 aliphatic heterocycles. The molecular weight excluding hydrogens is 677 g/mol. The fourth-order valence-corrected chi connectivity index (χ4v) is 7.05. The van der Waals surface area contributed by atoms with Crippen molar-refractivity contribution in [1.82, 2.24) is 10.2 Å². The van der Waals surface area contributed by atoms with Crippen LogP contribution in [0.15, 0.2) is 95.9 Å². The number of carbonyl (C=O) groups is 2. The van der Waals surface area contributed by atoms with Crippen LogP contribution in [0.4, 0.5) is 5.69 Å². The van der Waals surface area contributed by atoms with Gasteiger partial charge in [0.05, 0.1) is 10.6 Å². The summed E-state index contributed by atoms with van der Waals surface area (Å²) < 4.78 is 29.5. The number of hydrogen-bond acceptors (Lipinski definition) is 4. The molecule has 1 N–H and O–H groups in total. The molecule has 2 atom stereocenters. The van der Waals surface area contributed by atoms with Crippen molar-refractivity contribution in [3.8, 4) is 0 Å². The van der Waals surface area contributed by atoms with Gasteiger partial charge in [-0.3, -0.25) is 13.9 Å². The highest BCUT2D eigenvalue weighted by molar-refractivity contribution is 7.92. The average molecular weight is 715 g/mol. The van der Waals surface area contributed by atoms with Crippen molar-refractivity contribution in [3.05, 3.63) is 128 Å². The van der Waals surface area contributed by atoms with E-state index in [-0.39, 0.29) is 35.5 Å². The zero-order chi connectivity index (χ0) is 34.3. The minimum atomic E-state index is -4.27. The van der Waals surface area contributed by atoms with Gasteiger partial charge in [-0.1, -0.05) is 102 Å². The summed E-state index contributed by atoms with van der Waals surface area (Å²) >= 11 is 19.6. The largest absolute Gasteiger partial charge is 0.352 e. The van der Waals surface area contributed by atoms with Crippen molar-refractivity contribution in [2.45, 2.75) is 64.1 Å². The Balaban J connectivity index is 1.86. The lowest BCUT2D eigenvalue weighted by atomic mass is 10.0. The molecule has 0 unspecified atom stereocenters. The smallest absolute Gasteiger partial charge is 0.264 e. The fourth-order valence-electron chi connectivity index (χ4n) is 4.95. The van der Waals surface area contributed by atoms with Crippen LogP contribution in [0.25, 0.3) is 0 Å². The Labute approximate surface area is 292 Å². The molecule has 0 saturated carbocycles. The van der Waals surface area contributed by atoms with E-state index in [9.17, 15) is 18.0 Å². The van der Waals surface area contributed by atoms with Gasteiger partial charge < -0.3 is 10.2 Å². The van der Waals surface area contributed by atoms with Crippen LogP contribution in [0.2, 0.25) is 15.1 Å². The van der Waals surface area contributed by atoms with E-state index in [1.165, 1.54) is 23.1 Å². The third kappa shape index (κ3) is 9.08. The molecule has 4 rings (SSSR count). The van der Waals surface area contributed by atoms with Crippen LogP contribution in [0.3, 0.4) is 0 Å². The summed E-state index contributed by atoms with van der Waals surface area (Å²) in [6.45, 7) is 6.72. The van der Waals surface area contributed by atoms with E-state index in [0.717, 1.165) is 21.0 Å². The molecule has 0 aliphatic rings. The molecule has 0 spiro atoms. The summed E-state index contributed by atoms with van der Waals surface area (Å²) in [5.41, 5.74) is 3.08. The lowest BCUT2D eigenvalue weighted by molar-refractivity contribution is -0.140. The van der Waals surface area contributed by atoms with Crippen molar-refractivity contribution in [3.63, 3.8) is 0 Å². The molecule has 11 heteroatoms. The van der Waals surface area contributed by atoms with Gasteiger partial charge in [0, 0.05) is 39.6 Å². The van der Waals surface area contributed by atoms with Gasteiger partial charge in [-0.15, -0.1) is 0 Å². The Morgan fingerprint density at radius 3 is 2.06 bits per heavy atom. The highest BCUT2D eigenvalue weighted by Gasteiger charge is 2.35. The summed E-state index contributed by atoms with van der Waals surface area (Å²) in [6, 6.07) is 24.3. The van der Waals surface area contributed by atoms with E-state index in [2.05, 4.69) is 5.32 Å². The quantitative estimate of drug-likeness (QED) is 0.152. The summed E-state index contributed by atoms with van der Waals surface area (Å²) in [5, 5.41) is 3.97. The van der Waals surface area contributed by atoms with Gasteiger partial charge in [-0.2, -0.15) is 0 Å². The first-order chi connectivity index (χ1) is 22.3. The maximum Gasteiger partial charge on any atom is 0.264 e. The molecule has 0 aliphatic carbocycles. The third-order valence-corrected chi connectivity index (χ3v) is 10.9. The number of rotatable bonds is 13. The van der Waals surface area contributed by atoms with Crippen LogP contribution in [-0.2, 0) is 32.6 Å². The van der Waals surface area contributed by atoms with E-state index in [4.69, 9.17) is 34.8 Å². The maximum absolute atomic E-state index is 14.6. The number of hydrogen-bond donors (Lipinski definition) is 1. The second-order valence-electron chi connectivity index (χ2n) is 11.5. The summed E-state index contributed by atoms with van der Waals surface area (Å²) in [5.74, 6) is -1.01. The van der Waals surface area contributed by atoms with Gasteiger partial charge in [-0.05, 0) is 74.7 Å². The number of amides is 2. The highest BCUT2D eigenvalue weighted by Crippen LogP contribution is 2.31. The Bertz CT molecular complexity index is 1800. The number of aryl methyl sites for hydroxylation is 2. The molecular formula is C36H38Cl3N3O4S. The zero-order valence-corrected chi connectivity index (χ0v) is 29.8. The van der Waals surface area contributed by atoms with Gasteiger partial charge in [0.2, 0.25) is 11.8 Å². The Hall–Kier alpha value is -3.56. The molecule has 0 saturated heterocycles. The van der Waals surface area contributed by atoms with E-state index in [0.29, 0.717) is 27.1 Å². The lowest BCUT2D eigenvalue weighted by Gasteiger charge is -2.34. The monoisotopic (exact) mass is 713 g/mol. The maximum atomic E-state index is 14.6. The normalized spacial score (nSPS) is 12.7. The first-order valence-electron chi connectivity index (χ1n) is 15.2. The molecule has 47 heavy (non-hydrogen) atoms. The fraction of sp³-hybridized carbons (Fsp3) is 0.278. The Morgan fingerprint density at radius 2 is 1.47 bits per heavy atom. The lowest BCUT2D eigenvalue weighted by Crippen LogP contribution is -2.54. The van der Waals surface area contributed by atoms with Crippen LogP contribution in [0.1, 0.15) is 42.5 Å². The van der Waals surface area contributed by atoms with Gasteiger partial charge in [0.25, 0.3) is 10.0 Å². The molecule has 0 bridgehead atoms. The van der Waals surface area contributed by atoms with Gasteiger partial charge in [0.1, 0.15) is 12.6 Å². The van der Waals surface area contributed by atoms with Crippen molar-refractivity contribution < 1.29 is 18.0 Å². The van der Waals surface area contributed by atoms with E-state index < -0.39 is 28.5 Å². The number of nitrogens with zero attached hydrogens (tertiary/aromatic N) is 2. The van der Waals surface area contributed by atoms with Crippen molar-refractivity contribution in [2.75, 3.05) is 10.8 Å². The number of halogens is 3. The second kappa shape index (κ2) is 16.0. The summed E-state index contributed by atoms with van der Waals surface area (Å²) in [6.07, 6.45) is 0.836. The number of anilines is 1.